The van der Waals surface area contributed by atoms with Crippen molar-refractivity contribution in [2.75, 3.05) is 31.6 Å². The van der Waals surface area contributed by atoms with Gasteiger partial charge in [0.2, 0.25) is 11.8 Å². The third-order valence-corrected chi connectivity index (χ3v) is 5.01. The number of hydrogen-bond acceptors (Lipinski definition) is 4. The number of hydrogen-bond donors (Lipinski definition) is 1. The van der Waals surface area contributed by atoms with E-state index < -0.39 is 0 Å². The maximum Gasteiger partial charge on any atom is 0.409 e. The summed E-state index contributed by atoms with van der Waals surface area (Å²) in [6.45, 7) is 8.87. The average molecular weight is 389 g/mol. The third-order valence-electron chi connectivity index (χ3n) is 5.01. The van der Waals surface area contributed by atoms with Crippen LogP contribution in [0.1, 0.15) is 52.0 Å². The van der Waals surface area contributed by atoms with Crippen molar-refractivity contribution in [2.45, 2.75) is 52.5 Å². The van der Waals surface area contributed by atoms with Gasteiger partial charge in [0.25, 0.3) is 0 Å². The molecular weight excluding hydrogens is 358 g/mol. The number of anilines is 1. The Morgan fingerprint density at radius 3 is 2.29 bits per heavy atom. The molecule has 1 aliphatic rings. The Labute approximate surface area is 167 Å². The lowest BCUT2D eigenvalue weighted by molar-refractivity contribution is -0.136. The van der Waals surface area contributed by atoms with E-state index in [1.807, 2.05) is 24.3 Å². The van der Waals surface area contributed by atoms with E-state index in [9.17, 15) is 14.4 Å². The smallest absolute Gasteiger partial charge is 0.409 e. The molecule has 0 bridgehead atoms. The molecule has 2 rings (SSSR count). The number of piperidine rings is 1. The summed E-state index contributed by atoms with van der Waals surface area (Å²) in [5.74, 6) is 0.0682. The van der Waals surface area contributed by atoms with Crippen LogP contribution in [0.15, 0.2) is 24.3 Å². The van der Waals surface area contributed by atoms with Crippen molar-refractivity contribution in [3.63, 3.8) is 0 Å². The van der Waals surface area contributed by atoms with Gasteiger partial charge in [-0.25, -0.2) is 4.79 Å². The maximum atomic E-state index is 12.5. The van der Waals surface area contributed by atoms with Crippen LogP contribution in [0.25, 0.3) is 0 Å². The van der Waals surface area contributed by atoms with E-state index >= 15 is 0 Å². The summed E-state index contributed by atoms with van der Waals surface area (Å²) >= 11 is 0. The molecule has 1 N–H and O–H groups in total. The van der Waals surface area contributed by atoms with E-state index in [2.05, 4.69) is 19.2 Å². The number of ether oxygens (including phenoxy) is 1. The molecule has 0 atom stereocenters. The Balaban J connectivity index is 1.91. The van der Waals surface area contributed by atoms with Gasteiger partial charge >= 0.3 is 6.09 Å². The topological polar surface area (TPSA) is 79.0 Å². The minimum atomic E-state index is -0.321. The summed E-state index contributed by atoms with van der Waals surface area (Å²) in [5.41, 5.74) is 1.92. The molecule has 0 unspecified atom stereocenters. The van der Waals surface area contributed by atoms with Gasteiger partial charge in [-0.2, -0.15) is 0 Å². The van der Waals surface area contributed by atoms with Crippen LogP contribution in [-0.4, -0.2) is 60.0 Å². The van der Waals surface area contributed by atoms with Crippen LogP contribution < -0.4 is 5.32 Å². The predicted molar refractivity (Wildman–Crippen MR) is 108 cm³/mol. The Morgan fingerprint density at radius 2 is 1.79 bits per heavy atom. The van der Waals surface area contributed by atoms with Gasteiger partial charge in [-0.15, -0.1) is 0 Å². The van der Waals surface area contributed by atoms with Gasteiger partial charge in [0.1, 0.15) is 6.54 Å². The zero-order valence-electron chi connectivity index (χ0n) is 17.2. The molecule has 1 aromatic carbocycles. The van der Waals surface area contributed by atoms with Crippen molar-refractivity contribution in [3.05, 3.63) is 29.8 Å². The van der Waals surface area contributed by atoms with Crippen molar-refractivity contribution in [3.8, 4) is 0 Å². The monoisotopic (exact) mass is 389 g/mol. The lowest BCUT2D eigenvalue weighted by Gasteiger charge is -2.37. The highest BCUT2D eigenvalue weighted by atomic mass is 16.6. The zero-order valence-corrected chi connectivity index (χ0v) is 17.2. The first kappa shape index (κ1) is 21.7. The second-order valence-electron chi connectivity index (χ2n) is 7.39. The lowest BCUT2D eigenvalue weighted by Crippen LogP contribution is -2.50. The van der Waals surface area contributed by atoms with Crippen molar-refractivity contribution in [1.82, 2.24) is 9.80 Å². The Bertz CT molecular complexity index is 679. The minimum absolute atomic E-state index is 0.00530. The number of nitrogens with zero attached hydrogens (tertiary/aromatic N) is 2. The van der Waals surface area contributed by atoms with Crippen LogP contribution in [0.2, 0.25) is 0 Å². The average Bonchev–Trinajstić information content (AvgIpc) is 2.66. The van der Waals surface area contributed by atoms with E-state index in [4.69, 9.17) is 4.74 Å². The number of nitrogens with one attached hydrogen (secondary N) is 1. The van der Waals surface area contributed by atoms with Crippen molar-refractivity contribution in [1.29, 1.82) is 0 Å². The van der Waals surface area contributed by atoms with Gasteiger partial charge < -0.3 is 19.9 Å². The zero-order chi connectivity index (χ0) is 20.7. The highest BCUT2D eigenvalue weighted by Gasteiger charge is 2.29. The summed E-state index contributed by atoms with van der Waals surface area (Å²) in [7, 11) is 0. The minimum Gasteiger partial charge on any atom is -0.450 e. The first-order chi connectivity index (χ1) is 13.3. The molecule has 1 aromatic rings. The second-order valence-corrected chi connectivity index (χ2v) is 7.39. The summed E-state index contributed by atoms with van der Waals surface area (Å²) in [4.78, 5) is 39.6. The lowest BCUT2D eigenvalue weighted by atomic mass is 10.0. The molecule has 154 valence electrons. The Kier molecular flexibility index (Phi) is 7.84. The fourth-order valence-electron chi connectivity index (χ4n) is 3.38. The Morgan fingerprint density at radius 1 is 1.18 bits per heavy atom. The molecule has 1 aliphatic heterocycles. The van der Waals surface area contributed by atoms with Crippen LogP contribution in [0.4, 0.5) is 10.5 Å². The number of likely N-dealkylation sites (tertiary alicyclic amines) is 1. The molecule has 0 spiro atoms. The Hall–Kier alpha value is -2.57. The highest BCUT2D eigenvalue weighted by Crippen LogP contribution is 2.19. The second kappa shape index (κ2) is 10.1. The van der Waals surface area contributed by atoms with Crippen molar-refractivity contribution in [2.24, 2.45) is 0 Å². The standard InChI is InChI=1S/C21H31N3O4/c1-5-28-21(27)23-12-10-19(11-13-23)24(16(4)25)14-20(26)22-18-8-6-17(7-9-18)15(2)3/h6-9,15,19H,5,10-14H2,1-4H3,(H,22,26). The first-order valence-corrected chi connectivity index (χ1v) is 9.90. The number of benzene rings is 1. The van der Waals surface area contributed by atoms with Crippen LogP contribution in [-0.2, 0) is 14.3 Å². The highest BCUT2D eigenvalue weighted by molar-refractivity contribution is 5.94. The maximum absolute atomic E-state index is 12.5. The normalized spacial score (nSPS) is 14.7. The summed E-state index contributed by atoms with van der Waals surface area (Å²) < 4.78 is 5.02. The molecule has 1 fully saturated rings. The van der Waals surface area contributed by atoms with E-state index in [1.54, 1.807) is 16.7 Å². The molecule has 7 nitrogen and oxygen atoms in total. The largest absolute Gasteiger partial charge is 0.450 e. The number of carbonyl (C=O) groups excluding carboxylic acids is 3. The van der Waals surface area contributed by atoms with Crippen LogP contribution in [0.3, 0.4) is 0 Å². The molecule has 1 saturated heterocycles. The first-order valence-electron chi connectivity index (χ1n) is 9.90. The molecule has 0 aromatic heterocycles. The van der Waals surface area contributed by atoms with Gasteiger partial charge in [0.05, 0.1) is 6.61 Å². The summed E-state index contributed by atoms with van der Waals surface area (Å²) in [6, 6.07) is 7.69. The van der Waals surface area contributed by atoms with Gasteiger partial charge in [0.15, 0.2) is 0 Å². The van der Waals surface area contributed by atoms with Gasteiger partial charge in [0, 0.05) is 31.7 Å². The molecule has 7 heteroatoms. The molecule has 28 heavy (non-hydrogen) atoms. The molecule has 3 amide bonds. The van der Waals surface area contributed by atoms with Gasteiger partial charge in [-0.1, -0.05) is 26.0 Å². The van der Waals surface area contributed by atoms with Gasteiger partial charge in [-0.05, 0) is 43.4 Å². The van der Waals surface area contributed by atoms with Crippen molar-refractivity contribution < 1.29 is 19.1 Å². The molecule has 1 heterocycles. The molecule has 0 radical (unpaired) electrons. The number of amides is 3. The molecule has 0 aliphatic carbocycles. The fraction of sp³-hybridized carbons (Fsp3) is 0.571. The van der Waals surface area contributed by atoms with E-state index in [-0.39, 0.29) is 30.5 Å². The SMILES string of the molecule is CCOC(=O)N1CCC(N(CC(=O)Nc2ccc(C(C)C)cc2)C(C)=O)CC1. The van der Waals surface area contributed by atoms with Crippen molar-refractivity contribution >= 4 is 23.6 Å². The van der Waals surface area contributed by atoms with E-state index in [0.717, 1.165) is 5.69 Å². The predicted octanol–water partition coefficient (Wildman–Crippen LogP) is 3.22. The number of rotatable bonds is 6. The summed E-state index contributed by atoms with van der Waals surface area (Å²) in [5, 5.41) is 2.86. The van der Waals surface area contributed by atoms with Crippen LogP contribution >= 0.6 is 0 Å². The molecule has 0 saturated carbocycles. The quantitative estimate of drug-likeness (QED) is 0.810. The van der Waals surface area contributed by atoms with E-state index in [1.165, 1.54) is 12.5 Å². The summed E-state index contributed by atoms with van der Waals surface area (Å²) in [6.07, 6.45) is 0.946. The number of carbonyl (C=O) groups is 3. The van der Waals surface area contributed by atoms with Gasteiger partial charge in [-0.3, -0.25) is 9.59 Å². The van der Waals surface area contributed by atoms with Crippen LogP contribution in [0, 0.1) is 0 Å². The third kappa shape index (κ3) is 5.97. The van der Waals surface area contributed by atoms with E-state index in [0.29, 0.717) is 38.5 Å². The van der Waals surface area contributed by atoms with Crippen LogP contribution in [0.5, 0.6) is 0 Å². The molecular formula is C21H31N3O4. The fourth-order valence-corrected chi connectivity index (χ4v) is 3.38.